The van der Waals surface area contributed by atoms with Gasteiger partial charge in [-0.25, -0.2) is 14.1 Å². The summed E-state index contributed by atoms with van der Waals surface area (Å²) in [5.41, 5.74) is -0.406. The molecule has 0 aromatic carbocycles. The molecule has 0 heterocycles. The van der Waals surface area contributed by atoms with Crippen LogP contribution in [0.1, 0.15) is 26.7 Å². The van der Waals surface area contributed by atoms with E-state index < -0.39 is 13.3 Å². The first-order valence-electron chi connectivity index (χ1n) is 7.06. The quantitative estimate of drug-likeness (QED) is 0.148. The molecule has 0 rings (SSSR count). The molecule has 0 aliphatic heterocycles. The molecule has 0 saturated heterocycles. The molecule has 0 bridgehead atoms. The van der Waals surface area contributed by atoms with Crippen LogP contribution in [0.25, 0.3) is 0 Å². The molecule has 0 amide bonds. The van der Waals surface area contributed by atoms with E-state index in [9.17, 15) is 9.46 Å². The van der Waals surface area contributed by atoms with E-state index >= 15 is 0 Å². The monoisotopic (exact) mass is 380 g/mol. The third-order valence-electron chi connectivity index (χ3n) is 3.15. The van der Waals surface area contributed by atoms with Crippen LogP contribution >= 0.6 is 31.3 Å². The third kappa shape index (κ3) is 9.65. The number of rotatable bonds is 11. The fourth-order valence-electron chi connectivity index (χ4n) is 1.38. The van der Waals surface area contributed by atoms with E-state index in [-0.39, 0.29) is 6.61 Å². The van der Waals surface area contributed by atoms with Crippen LogP contribution in [0.15, 0.2) is 0 Å². The van der Waals surface area contributed by atoms with Crippen LogP contribution in [0.2, 0.25) is 0 Å². The maximum Gasteiger partial charge on any atom is 0.432 e. The highest BCUT2D eigenvalue weighted by molar-refractivity contribution is 7.50. The first-order valence-corrected chi connectivity index (χ1v) is 9.26. The minimum Gasteiger partial charge on any atom is -0.330 e. The molecular formula is C12H29Cl2N3O4P+. The molecule has 0 radical (unpaired) electrons. The first-order chi connectivity index (χ1) is 9.78. The van der Waals surface area contributed by atoms with Gasteiger partial charge in [-0.3, -0.25) is 0 Å². The van der Waals surface area contributed by atoms with E-state index in [0.717, 1.165) is 3.94 Å². The number of likely N-dealkylation sites (N-methyl/N-ethyl adjacent to an activating group) is 2. The highest BCUT2D eigenvalue weighted by Crippen LogP contribution is 2.45. The lowest BCUT2D eigenvalue weighted by Gasteiger charge is -2.28. The van der Waals surface area contributed by atoms with Gasteiger partial charge in [-0.1, -0.05) is 0 Å². The van der Waals surface area contributed by atoms with Crippen LogP contribution in [0, 0.1) is 0 Å². The van der Waals surface area contributed by atoms with Gasteiger partial charge in [0, 0.05) is 5.54 Å². The molecule has 0 spiro atoms. The molecule has 1 unspecified atom stereocenters. The van der Waals surface area contributed by atoms with Crippen molar-refractivity contribution in [2.45, 2.75) is 32.2 Å². The second-order valence-electron chi connectivity index (χ2n) is 6.93. The van der Waals surface area contributed by atoms with Crippen molar-refractivity contribution >= 4 is 31.3 Å². The van der Waals surface area contributed by atoms with Crippen LogP contribution in [-0.4, -0.2) is 71.4 Å². The van der Waals surface area contributed by atoms with Crippen LogP contribution in [-0.2, 0) is 14.1 Å². The molecule has 0 aliphatic rings. The molecule has 0 saturated carbocycles. The van der Waals surface area contributed by atoms with Gasteiger partial charge >= 0.3 is 7.75 Å². The maximum absolute atomic E-state index is 12.0. The fourth-order valence-corrected chi connectivity index (χ4v) is 2.22. The normalized spacial score (nSPS) is 16.3. The Hall–Kier alpha value is 0.570. The molecule has 0 fully saturated rings. The van der Waals surface area contributed by atoms with Crippen molar-refractivity contribution in [1.82, 2.24) is 8.61 Å². The Labute approximate surface area is 144 Å². The molecule has 7 nitrogen and oxygen atoms in total. The topological polar surface area (TPSA) is 62.2 Å². The van der Waals surface area contributed by atoms with E-state index in [0.29, 0.717) is 30.4 Å². The summed E-state index contributed by atoms with van der Waals surface area (Å²) in [6.45, 7) is 5.06. The minimum absolute atomic E-state index is 0.179. The summed E-state index contributed by atoms with van der Waals surface area (Å²) < 4.78 is 19.7. The summed E-state index contributed by atoms with van der Waals surface area (Å²) in [5.74, 6) is 0. The van der Waals surface area contributed by atoms with Crippen molar-refractivity contribution in [1.29, 1.82) is 0 Å². The summed E-state index contributed by atoms with van der Waals surface area (Å²) in [7, 11) is 3.62. The fraction of sp³-hybridized carbons (Fsp3) is 1.00. The van der Waals surface area contributed by atoms with Gasteiger partial charge < -0.3 is 9.38 Å². The first kappa shape index (κ1) is 22.6. The minimum atomic E-state index is -3.93. The van der Waals surface area contributed by atoms with E-state index in [2.05, 4.69) is 4.67 Å². The molecule has 0 aliphatic carbocycles. The Balaban J connectivity index is 4.05. The standard InChI is InChI=1S/C12H28Cl2N3O4P/c1-12(2,16(13)14)8-7-11-20-21-22(18,19)15(3)9-10-17(4,5)6/h7-11H2,1-6H3/p+1. The number of nitrogens with zero attached hydrogens (tertiary/aromatic N) is 3. The van der Waals surface area contributed by atoms with Gasteiger partial charge in [0.2, 0.25) is 0 Å². The summed E-state index contributed by atoms with van der Waals surface area (Å²) in [5, 5.41) is 0. The lowest BCUT2D eigenvalue weighted by atomic mass is 10.0. The largest absolute Gasteiger partial charge is 0.432 e. The van der Waals surface area contributed by atoms with E-state index in [1.54, 1.807) is 0 Å². The van der Waals surface area contributed by atoms with Gasteiger partial charge in [0.15, 0.2) is 0 Å². The van der Waals surface area contributed by atoms with Gasteiger partial charge in [-0.05, 0) is 57.3 Å². The predicted octanol–water partition coefficient (Wildman–Crippen LogP) is 2.84. The van der Waals surface area contributed by atoms with Crippen molar-refractivity contribution in [3.05, 3.63) is 0 Å². The summed E-state index contributed by atoms with van der Waals surface area (Å²) in [6.07, 6.45) is 1.24. The van der Waals surface area contributed by atoms with Crippen molar-refractivity contribution < 1.29 is 23.5 Å². The van der Waals surface area contributed by atoms with E-state index in [1.807, 2.05) is 35.0 Å². The van der Waals surface area contributed by atoms with E-state index in [1.165, 1.54) is 11.7 Å². The molecule has 0 aromatic heterocycles. The smallest absolute Gasteiger partial charge is 0.330 e. The molecule has 10 heteroatoms. The summed E-state index contributed by atoms with van der Waals surface area (Å²) in [4.78, 5) is 14.7. The average molecular weight is 381 g/mol. The number of hydrogen-bond donors (Lipinski definition) is 1. The Bertz CT molecular complexity index is 378. The molecule has 0 aromatic rings. The SMILES string of the molecule is CN(CC[N+](C)(C)C)P(=O)(O)OOCCCC(C)(C)N(Cl)Cl. The van der Waals surface area contributed by atoms with Gasteiger partial charge in [0.1, 0.15) is 0 Å². The number of quaternary nitrogens is 1. The molecule has 134 valence electrons. The Morgan fingerprint density at radius 1 is 1.27 bits per heavy atom. The van der Waals surface area contributed by atoms with Crippen molar-refractivity contribution in [3.8, 4) is 0 Å². The zero-order valence-corrected chi connectivity index (χ0v) is 16.7. The van der Waals surface area contributed by atoms with E-state index in [4.69, 9.17) is 28.4 Å². The van der Waals surface area contributed by atoms with Crippen LogP contribution < -0.4 is 0 Å². The van der Waals surface area contributed by atoms with Gasteiger partial charge in [-0.15, -0.1) is 8.61 Å². The lowest BCUT2D eigenvalue weighted by molar-refractivity contribution is -0.869. The molecule has 1 atom stereocenters. The summed E-state index contributed by atoms with van der Waals surface area (Å²) >= 11 is 11.4. The zero-order valence-electron chi connectivity index (χ0n) is 14.3. The number of halogens is 2. The van der Waals surface area contributed by atoms with Gasteiger partial charge in [-0.2, -0.15) is 0 Å². The van der Waals surface area contributed by atoms with Crippen LogP contribution in [0.5, 0.6) is 0 Å². The maximum atomic E-state index is 12.0. The molecular weight excluding hydrogens is 352 g/mol. The second-order valence-corrected chi connectivity index (χ2v) is 9.59. The predicted molar refractivity (Wildman–Crippen MR) is 89.2 cm³/mol. The highest BCUT2D eigenvalue weighted by Gasteiger charge is 2.29. The van der Waals surface area contributed by atoms with Crippen molar-refractivity contribution in [2.24, 2.45) is 0 Å². The van der Waals surface area contributed by atoms with Crippen molar-refractivity contribution in [2.75, 3.05) is 47.9 Å². The molecule has 22 heavy (non-hydrogen) atoms. The Kier molecular flexibility index (Phi) is 9.39. The van der Waals surface area contributed by atoms with Crippen LogP contribution in [0.3, 0.4) is 0 Å². The Morgan fingerprint density at radius 2 is 1.82 bits per heavy atom. The van der Waals surface area contributed by atoms with Gasteiger partial charge in [0.25, 0.3) is 0 Å². The Morgan fingerprint density at radius 3 is 2.27 bits per heavy atom. The number of hydrogen-bond acceptors (Lipinski definition) is 4. The summed E-state index contributed by atoms with van der Waals surface area (Å²) in [6, 6.07) is 0. The van der Waals surface area contributed by atoms with Gasteiger partial charge in [0.05, 0.1) is 40.8 Å². The lowest BCUT2D eigenvalue weighted by Crippen LogP contribution is -2.40. The highest BCUT2D eigenvalue weighted by atomic mass is 35.5. The zero-order chi connectivity index (χ0) is 17.6. The average Bonchev–Trinajstić information content (AvgIpc) is 2.34. The van der Waals surface area contributed by atoms with Crippen molar-refractivity contribution in [3.63, 3.8) is 0 Å². The van der Waals surface area contributed by atoms with Crippen LogP contribution in [0.4, 0.5) is 0 Å². The third-order valence-corrected chi connectivity index (χ3v) is 5.43. The second kappa shape index (κ2) is 9.16. The molecule has 1 N–H and O–H groups in total.